The molecule has 6 nitrogen and oxygen atoms in total. The first-order valence-electron chi connectivity index (χ1n) is 6.21. The van der Waals surface area contributed by atoms with Crippen LogP contribution < -0.4 is 16.2 Å². The van der Waals surface area contributed by atoms with E-state index in [1.54, 1.807) is 4.90 Å². The van der Waals surface area contributed by atoms with Gasteiger partial charge in [-0.05, 0) is 6.42 Å². The van der Waals surface area contributed by atoms with Crippen molar-refractivity contribution in [2.45, 2.75) is 25.9 Å². The molecule has 1 rings (SSSR count). The van der Waals surface area contributed by atoms with Gasteiger partial charge in [-0.3, -0.25) is 5.43 Å². The molecule has 0 aliphatic rings. The van der Waals surface area contributed by atoms with Gasteiger partial charge in [0.25, 0.3) is 0 Å². The lowest BCUT2D eigenvalue weighted by atomic mass is 10.3. The summed E-state index contributed by atoms with van der Waals surface area (Å²) in [6.07, 6.45) is -2.93. The second-order valence-electron chi connectivity index (χ2n) is 4.14. The molecule has 0 fully saturated rings. The van der Waals surface area contributed by atoms with Gasteiger partial charge in [0.05, 0.1) is 6.61 Å². The van der Waals surface area contributed by atoms with Crippen molar-refractivity contribution in [3.63, 3.8) is 0 Å². The van der Waals surface area contributed by atoms with E-state index in [-0.39, 0.29) is 24.9 Å². The molecule has 0 aliphatic carbocycles. The van der Waals surface area contributed by atoms with E-state index in [0.717, 1.165) is 18.9 Å². The Morgan fingerprint density at radius 3 is 2.55 bits per heavy atom. The number of unbranched alkanes of at least 4 members (excludes halogenated alkanes) is 1. The van der Waals surface area contributed by atoms with Gasteiger partial charge in [-0.15, -0.1) is 0 Å². The minimum atomic E-state index is -4.58. The van der Waals surface area contributed by atoms with Crippen LogP contribution in [0.4, 0.5) is 24.9 Å². The standard InChI is InChI=1S/C11H18F3N5O/c1-2-3-4-19(5-6-20)9-7-8(11(12,13)14)16-10(17-9)18-15/h7,20H,2-6,15H2,1H3,(H,16,17,18). The highest BCUT2D eigenvalue weighted by molar-refractivity contribution is 5.45. The zero-order valence-corrected chi connectivity index (χ0v) is 11.1. The Labute approximate surface area is 114 Å². The summed E-state index contributed by atoms with van der Waals surface area (Å²) in [5.74, 6) is 4.87. The van der Waals surface area contributed by atoms with Crippen LogP contribution in [0.15, 0.2) is 6.07 Å². The van der Waals surface area contributed by atoms with Crippen LogP contribution in [-0.2, 0) is 6.18 Å². The molecular formula is C11H18F3N5O. The average Bonchev–Trinajstić information content (AvgIpc) is 2.42. The quantitative estimate of drug-likeness (QED) is 0.520. The highest BCUT2D eigenvalue weighted by Crippen LogP contribution is 2.30. The van der Waals surface area contributed by atoms with Crippen LogP contribution in [0.5, 0.6) is 0 Å². The van der Waals surface area contributed by atoms with E-state index in [9.17, 15) is 13.2 Å². The molecule has 1 heterocycles. The van der Waals surface area contributed by atoms with E-state index in [1.807, 2.05) is 12.3 Å². The number of anilines is 2. The zero-order chi connectivity index (χ0) is 15.2. The van der Waals surface area contributed by atoms with Crippen LogP contribution in [0.1, 0.15) is 25.5 Å². The van der Waals surface area contributed by atoms with E-state index >= 15 is 0 Å². The van der Waals surface area contributed by atoms with Gasteiger partial charge >= 0.3 is 6.18 Å². The molecule has 20 heavy (non-hydrogen) atoms. The molecule has 0 bridgehead atoms. The Bertz CT molecular complexity index is 427. The summed E-state index contributed by atoms with van der Waals surface area (Å²) in [4.78, 5) is 8.76. The van der Waals surface area contributed by atoms with Crippen molar-refractivity contribution >= 4 is 11.8 Å². The topological polar surface area (TPSA) is 87.3 Å². The number of aromatic nitrogens is 2. The van der Waals surface area contributed by atoms with Crippen molar-refractivity contribution in [3.05, 3.63) is 11.8 Å². The van der Waals surface area contributed by atoms with Gasteiger partial charge in [0.15, 0.2) is 5.69 Å². The second kappa shape index (κ2) is 7.25. The second-order valence-corrected chi connectivity index (χ2v) is 4.14. The van der Waals surface area contributed by atoms with Gasteiger partial charge in [0.2, 0.25) is 5.95 Å². The summed E-state index contributed by atoms with van der Waals surface area (Å²) in [6.45, 7) is 2.47. The van der Waals surface area contributed by atoms with Crippen molar-refractivity contribution in [3.8, 4) is 0 Å². The Kier molecular flexibility index (Phi) is 5.96. The fraction of sp³-hybridized carbons (Fsp3) is 0.636. The first-order chi connectivity index (χ1) is 9.42. The van der Waals surface area contributed by atoms with Gasteiger partial charge in [0.1, 0.15) is 5.82 Å². The third-order valence-electron chi connectivity index (χ3n) is 2.61. The van der Waals surface area contributed by atoms with E-state index in [4.69, 9.17) is 10.9 Å². The maximum atomic E-state index is 12.8. The van der Waals surface area contributed by atoms with Crippen molar-refractivity contribution in [2.24, 2.45) is 5.84 Å². The highest BCUT2D eigenvalue weighted by Gasteiger charge is 2.34. The summed E-state index contributed by atoms with van der Waals surface area (Å²) in [7, 11) is 0. The largest absolute Gasteiger partial charge is 0.433 e. The fourth-order valence-electron chi connectivity index (χ4n) is 1.62. The molecule has 114 valence electrons. The average molecular weight is 293 g/mol. The smallest absolute Gasteiger partial charge is 0.395 e. The molecular weight excluding hydrogens is 275 g/mol. The lowest BCUT2D eigenvalue weighted by Gasteiger charge is -2.23. The normalized spacial score (nSPS) is 11.5. The van der Waals surface area contributed by atoms with Gasteiger partial charge in [0, 0.05) is 19.2 Å². The molecule has 0 aromatic carbocycles. The molecule has 0 saturated carbocycles. The van der Waals surface area contributed by atoms with E-state index in [0.29, 0.717) is 6.54 Å². The van der Waals surface area contributed by atoms with Gasteiger partial charge in [-0.1, -0.05) is 13.3 Å². The number of aliphatic hydroxyl groups excluding tert-OH is 1. The van der Waals surface area contributed by atoms with Gasteiger partial charge in [-0.2, -0.15) is 18.2 Å². The van der Waals surface area contributed by atoms with Crippen molar-refractivity contribution in [1.82, 2.24) is 9.97 Å². The van der Waals surface area contributed by atoms with Crippen LogP contribution in [0, 0.1) is 0 Å². The molecule has 0 unspecified atom stereocenters. The number of hydrazine groups is 1. The SMILES string of the molecule is CCCCN(CCO)c1cc(C(F)(F)F)nc(NN)n1. The maximum Gasteiger partial charge on any atom is 0.433 e. The number of hydrogen-bond acceptors (Lipinski definition) is 6. The monoisotopic (exact) mass is 293 g/mol. The lowest BCUT2D eigenvalue weighted by Crippen LogP contribution is -2.30. The summed E-state index contributed by atoms with van der Waals surface area (Å²) >= 11 is 0. The molecule has 1 aromatic rings. The predicted molar refractivity (Wildman–Crippen MR) is 69.1 cm³/mol. The molecule has 4 N–H and O–H groups in total. The number of nitrogens with one attached hydrogen (secondary N) is 1. The summed E-state index contributed by atoms with van der Waals surface area (Å²) in [5, 5.41) is 9.01. The van der Waals surface area contributed by atoms with Crippen LogP contribution in [0.2, 0.25) is 0 Å². The van der Waals surface area contributed by atoms with Crippen LogP contribution >= 0.6 is 0 Å². The zero-order valence-electron chi connectivity index (χ0n) is 11.1. The molecule has 0 aliphatic heterocycles. The number of alkyl halides is 3. The van der Waals surface area contributed by atoms with Gasteiger partial charge in [-0.25, -0.2) is 10.8 Å². The number of halogens is 3. The summed E-state index contributed by atoms with van der Waals surface area (Å²) in [5.41, 5.74) is 0.947. The highest BCUT2D eigenvalue weighted by atomic mass is 19.4. The first kappa shape index (κ1) is 16.4. The molecule has 9 heteroatoms. The minimum Gasteiger partial charge on any atom is -0.395 e. The molecule has 0 radical (unpaired) electrons. The molecule has 0 atom stereocenters. The maximum absolute atomic E-state index is 12.8. The lowest BCUT2D eigenvalue weighted by molar-refractivity contribution is -0.141. The number of hydrogen-bond donors (Lipinski definition) is 3. The first-order valence-corrected chi connectivity index (χ1v) is 6.21. The molecule has 0 spiro atoms. The van der Waals surface area contributed by atoms with Crippen molar-refractivity contribution < 1.29 is 18.3 Å². The number of nitrogens with two attached hydrogens (primary N) is 1. The van der Waals surface area contributed by atoms with Crippen LogP contribution in [0.25, 0.3) is 0 Å². The predicted octanol–water partition coefficient (Wildman–Crippen LogP) is 1.38. The minimum absolute atomic E-state index is 0.0859. The van der Waals surface area contributed by atoms with E-state index in [2.05, 4.69) is 9.97 Å². The number of nitrogen functional groups attached to an aromatic ring is 1. The Balaban J connectivity index is 3.12. The third-order valence-corrected chi connectivity index (χ3v) is 2.61. The third kappa shape index (κ3) is 4.49. The van der Waals surface area contributed by atoms with Crippen molar-refractivity contribution in [1.29, 1.82) is 0 Å². The van der Waals surface area contributed by atoms with Crippen LogP contribution in [0.3, 0.4) is 0 Å². The Morgan fingerprint density at radius 2 is 2.05 bits per heavy atom. The number of nitrogens with zero attached hydrogens (tertiary/aromatic N) is 3. The fourth-order valence-corrected chi connectivity index (χ4v) is 1.62. The van der Waals surface area contributed by atoms with Crippen molar-refractivity contribution in [2.75, 3.05) is 30.0 Å². The Hall–Kier alpha value is -1.61. The Morgan fingerprint density at radius 1 is 1.35 bits per heavy atom. The number of aliphatic hydroxyl groups is 1. The van der Waals surface area contributed by atoms with Crippen LogP contribution in [-0.4, -0.2) is 34.8 Å². The van der Waals surface area contributed by atoms with Gasteiger partial charge < -0.3 is 10.0 Å². The summed E-state index contributed by atoms with van der Waals surface area (Å²) < 4.78 is 38.3. The summed E-state index contributed by atoms with van der Waals surface area (Å²) in [6, 6.07) is 0.853. The molecule has 0 saturated heterocycles. The number of rotatable bonds is 7. The van der Waals surface area contributed by atoms with E-state index in [1.165, 1.54) is 0 Å². The van der Waals surface area contributed by atoms with E-state index < -0.39 is 11.9 Å². The molecule has 0 amide bonds. The molecule has 1 aromatic heterocycles.